The number of hydrogen-bond donors (Lipinski definition) is 5. The number of amides is 1. The van der Waals surface area contributed by atoms with Crippen LogP contribution in [0.25, 0.3) is 11.3 Å². The number of carbonyl (C=O) groups excluding carboxylic acids is 1. The molecule has 0 fully saturated rings. The van der Waals surface area contributed by atoms with E-state index in [2.05, 4.69) is 29.2 Å². The summed E-state index contributed by atoms with van der Waals surface area (Å²) in [5.74, 6) is 0.597. The zero-order chi connectivity index (χ0) is 19.3. The largest absolute Gasteiger partial charge is 0.389 e. The van der Waals surface area contributed by atoms with E-state index in [-0.39, 0.29) is 17.4 Å². The first-order valence-corrected chi connectivity index (χ1v) is 8.41. The Morgan fingerprint density at radius 2 is 2.08 bits per heavy atom. The number of aromatic nitrogens is 3. The molecule has 9 nitrogen and oxygen atoms in total. The number of nitrogens with zero attached hydrogens (tertiary/aromatic N) is 3. The molecule has 142 valence electrons. The number of rotatable bonds is 9. The molecule has 1 unspecified atom stereocenters. The van der Waals surface area contributed by atoms with Gasteiger partial charge in [0.15, 0.2) is 0 Å². The van der Waals surface area contributed by atoms with Crippen LogP contribution in [0.5, 0.6) is 0 Å². The van der Waals surface area contributed by atoms with E-state index in [0.29, 0.717) is 28.3 Å². The Bertz CT molecular complexity index is 739. The van der Waals surface area contributed by atoms with Crippen molar-refractivity contribution in [3.63, 3.8) is 0 Å². The van der Waals surface area contributed by atoms with Crippen LogP contribution in [0.4, 0.5) is 5.69 Å². The minimum atomic E-state index is -3.22. The molecular weight excluding hydrogens is 338 g/mol. The maximum atomic E-state index is 10.8. The number of hydrogen-bond acceptors (Lipinski definition) is 7. The van der Waals surface area contributed by atoms with Gasteiger partial charge >= 0.3 is 6.10 Å². The number of carbonyl (C=O) groups is 1. The van der Waals surface area contributed by atoms with Gasteiger partial charge in [0.2, 0.25) is 6.41 Å². The lowest BCUT2D eigenvalue weighted by molar-refractivity contribution is -0.379. The molecule has 6 N–H and O–H groups in total. The van der Waals surface area contributed by atoms with Crippen molar-refractivity contribution >= 4 is 12.1 Å². The van der Waals surface area contributed by atoms with Crippen molar-refractivity contribution in [3.8, 4) is 11.3 Å². The van der Waals surface area contributed by atoms with Crippen molar-refractivity contribution in [2.24, 2.45) is 11.7 Å². The second-order valence-electron chi connectivity index (χ2n) is 6.58. The third kappa shape index (κ3) is 4.85. The van der Waals surface area contributed by atoms with Gasteiger partial charge in [0.05, 0.1) is 17.6 Å². The number of pyridine rings is 1. The van der Waals surface area contributed by atoms with Crippen LogP contribution >= 0.6 is 0 Å². The molecule has 2 heterocycles. The van der Waals surface area contributed by atoms with Gasteiger partial charge in [0.1, 0.15) is 5.69 Å². The zero-order valence-corrected chi connectivity index (χ0v) is 14.8. The Hall–Kier alpha value is -2.33. The molecule has 26 heavy (non-hydrogen) atoms. The zero-order valence-electron chi connectivity index (χ0n) is 14.8. The molecule has 0 aromatic carbocycles. The molecule has 0 radical (unpaired) electrons. The van der Waals surface area contributed by atoms with Gasteiger partial charge in [-0.15, -0.1) is 0 Å². The Labute approximate surface area is 151 Å². The Morgan fingerprint density at radius 1 is 1.35 bits per heavy atom. The number of aliphatic hydroxyl groups is 3. The van der Waals surface area contributed by atoms with Crippen LogP contribution in [0.15, 0.2) is 24.5 Å². The minimum Gasteiger partial charge on any atom is -0.326 e. The predicted molar refractivity (Wildman–Crippen MR) is 95.4 cm³/mol. The topological polar surface area (TPSA) is 147 Å². The highest BCUT2D eigenvalue weighted by atomic mass is 16.7. The van der Waals surface area contributed by atoms with E-state index in [4.69, 9.17) is 5.73 Å². The standard InChI is InChI=1S/C17H25N5O4/c1-11(2)4-3-5-13(18)14-8-12(6-7-19-14)16-15(20-10-23)9-21-22(16)17(24,25)26/h6-11,13,24-26H,3-5,18H2,1-2H3,(H,20,23). The van der Waals surface area contributed by atoms with Gasteiger partial charge in [-0.05, 0) is 24.5 Å². The molecule has 9 heteroatoms. The average molecular weight is 363 g/mol. The van der Waals surface area contributed by atoms with Gasteiger partial charge in [-0.25, -0.2) is 0 Å². The van der Waals surface area contributed by atoms with Crippen molar-refractivity contribution in [1.29, 1.82) is 0 Å². The van der Waals surface area contributed by atoms with Crippen LogP contribution < -0.4 is 11.1 Å². The summed E-state index contributed by atoms with van der Waals surface area (Å²) in [5.41, 5.74) is 7.62. The summed E-state index contributed by atoms with van der Waals surface area (Å²) in [7, 11) is 0. The predicted octanol–water partition coefficient (Wildman–Crippen LogP) is 0.884. The second-order valence-corrected chi connectivity index (χ2v) is 6.58. The Kier molecular flexibility index (Phi) is 6.43. The Balaban J connectivity index is 2.35. The molecule has 0 saturated heterocycles. The van der Waals surface area contributed by atoms with Crippen molar-refractivity contribution in [1.82, 2.24) is 14.8 Å². The van der Waals surface area contributed by atoms with Crippen molar-refractivity contribution in [2.75, 3.05) is 5.32 Å². The molecule has 0 aliphatic heterocycles. The molecule has 0 aliphatic carbocycles. The number of anilines is 1. The first-order chi connectivity index (χ1) is 12.2. The number of nitrogens with two attached hydrogens (primary N) is 1. The molecule has 1 atom stereocenters. The van der Waals surface area contributed by atoms with E-state index >= 15 is 0 Å². The van der Waals surface area contributed by atoms with Gasteiger partial charge in [-0.2, -0.15) is 9.78 Å². The summed E-state index contributed by atoms with van der Waals surface area (Å²) in [5, 5.41) is 34.7. The SMILES string of the molecule is CC(C)CCCC(N)c1cc(-c2c(NC=O)cnn2C(O)(O)O)ccn1. The lowest BCUT2D eigenvalue weighted by Crippen LogP contribution is -2.34. The normalized spacial score (nSPS) is 13.0. The highest BCUT2D eigenvalue weighted by Crippen LogP contribution is 2.31. The average Bonchev–Trinajstić information content (AvgIpc) is 2.99. The summed E-state index contributed by atoms with van der Waals surface area (Å²) in [6.45, 7) is 4.30. The van der Waals surface area contributed by atoms with E-state index in [9.17, 15) is 20.1 Å². The van der Waals surface area contributed by atoms with Crippen molar-refractivity contribution in [3.05, 3.63) is 30.2 Å². The van der Waals surface area contributed by atoms with Gasteiger partial charge in [-0.1, -0.05) is 26.7 Å². The fourth-order valence-electron chi connectivity index (χ4n) is 2.72. The first kappa shape index (κ1) is 20.0. The molecule has 0 saturated carbocycles. The van der Waals surface area contributed by atoms with Gasteiger partial charge in [0, 0.05) is 17.8 Å². The maximum absolute atomic E-state index is 10.8. The highest BCUT2D eigenvalue weighted by Gasteiger charge is 2.29. The fourth-order valence-corrected chi connectivity index (χ4v) is 2.72. The lowest BCUT2D eigenvalue weighted by Gasteiger charge is -2.18. The quantitative estimate of drug-likeness (QED) is 0.328. The van der Waals surface area contributed by atoms with Crippen LogP contribution in [0.1, 0.15) is 44.8 Å². The van der Waals surface area contributed by atoms with Crippen molar-refractivity contribution in [2.45, 2.75) is 45.2 Å². The lowest BCUT2D eigenvalue weighted by atomic mass is 10.0. The summed E-state index contributed by atoms with van der Waals surface area (Å²) in [6.07, 6.45) is 2.73. The van der Waals surface area contributed by atoms with E-state index in [1.54, 1.807) is 12.1 Å². The molecule has 1 amide bonds. The van der Waals surface area contributed by atoms with Gasteiger partial charge < -0.3 is 26.4 Å². The first-order valence-electron chi connectivity index (χ1n) is 8.41. The van der Waals surface area contributed by atoms with Crippen LogP contribution in [0.3, 0.4) is 0 Å². The maximum Gasteiger partial charge on any atom is 0.389 e. The highest BCUT2D eigenvalue weighted by molar-refractivity contribution is 5.82. The third-order valence-electron chi connectivity index (χ3n) is 4.00. The molecule has 2 aromatic rings. The number of nitrogens with one attached hydrogen (secondary N) is 1. The van der Waals surface area contributed by atoms with Crippen LogP contribution in [0.2, 0.25) is 0 Å². The van der Waals surface area contributed by atoms with E-state index in [0.717, 1.165) is 19.3 Å². The van der Waals surface area contributed by atoms with Crippen LogP contribution in [-0.4, -0.2) is 36.5 Å². The third-order valence-corrected chi connectivity index (χ3v) is 4.00. The summed E-state index contributed by atoms with van der Waals surface area (Å²) >= 11 is 0. The molecule has 0 spiro atoms. The molecule has 0 aliphatic rings. The monoisotopic (exact) mass is 363 g/mol. The molecule has 2 rings (SSSR count). The smallest absolute Gasteiger partial charge is 0.326 e. The minimum absolute atomic E-state index is 0.114. The molecule has 2 aromatic heterocycles. The molecule has 0 bridgehead atoms. The van der Waals surface area contributed by atoms with Crippen LogP contribution in [-0.2, 0) is 10.9 Å². The summed E-state index contributed by atoms with van der Waals surface area (Å²) < 4.78 is 0.586. The fraction of sp³-hybridized carbons (Fsp3) is 0.471. The van der Waals surface area contributed by atoms with E-state index in [1.807, 2.05) is 0 Å². The summed E-state index contributed by atoms with van der Waals surface area (Å²) in [4.78, 5) is 15.1. The second kappa shape index (κ2) is 8.37. The van der Waals surface area contributed by atoms with Gasteiger partial charge in [0.25, 0.3) is 0 Å². The Morgan fingerprint density at radius 3 is 2.69 bits per heavy atom. The van der Waals surface area contributed by atoms with E-state index < -0.39 is 6.10 Å². The molecular formula is C17H25N5O4. The van der Waals surface area contributed by atoms with Gasteiger partial charge in [-0.3, -0.25) is 9.78 Å². The summed E-state index contributed by atoms with van der Waals surface area (Å²) in [6, 6.07) is 2.99. The van der Waals surface area contributed by atoms with E-state index in [1.165, 1.54) is 12.4 Å². The van der Waals surface area contributed by atoms with Crippen molar-refractivity contribution < 1.29 is 20.1 Å². The van der Waals surface area contributed by atoms with Crippen LogP contribution in [0, 0.1) is 5.92 Å².